The smallest absolute Gasteiger partial charge is 0.162 e. The van der Waals surface area contributed by atoms with Crippen molar-refractivity contribution in [3.05, 3.63) is 70.8 Å². The fourth-order valence-corrected chi connectivity index (χ4v) is 2.34. The van der Waals surface area contributed by atoms with Crippen LogP contribution in [-0.4, -0.2) is 5.78 Å². The van der Waals surface area contributed by atoms with E-state index >= 15 is 0 Å². The summed E-state index contributed by atoms with van der Waals surface area (Å²) in [4.78, 5) is 12.1. The lowest BCUT2D eigenvalue weighted by Crippen LogP contribution is -2.00. The van der Waals surface area contributed by atoms with E-state index in [0.29, 0.717) is 6.42 Å². The standard InChI is InChI=1S/C19H22O/c1-3-16-6-4-7-17(14-16)8-5-9-19(20)18-12-10-15(2)11-13-18/h4,6-7,10-14H,3,5,8-9H2,1-2H3. The van der Waals surface area contributed by atoms with Gasteiger partial charge in [-0.1, -0.05) is 61.0 Å². The predicted octanol–water partition coefficient (Wildman–Crippen LogP) is 4.76. The maximum Gasteiger partial charge on any atom is 0.162 e. The van der Waals surface area contributed by atoms with Crippen LogP contribution in [0.4, 0.5) is 0 Å². The summed E-state index contributed by atoms with van der Waals surface area (Å²) in [5.74, 6) is 0.247. The predicted molar refractivity (Wildman–Crippen MR) is 84.3 cm³/mol. The van der Waals surface area contributed by atoms with E-state index in [4.69, 9.17) is 0 Å². The number of Topliss-reactive ketones (excluding diaryl/α,β-unsaturated/α-hetero) is 1. The van der Waals surface area contributed by atoms with E-state index in [-0.39, 0.29) is 5.78 Å². The Morgan fingerprint density at radius 3 is 2.40 bits per heavy atom. The number of carbonyl (C=O) groups excluding carboxylic acids is 1. The van der Waals surface area contributed by atoms with Crippen molar-refractivity contribution in [2.24, 2.45) is 0 Å². The monoisotopic (exact) mass is 266 g/mol. The topological polar surface area (TPSA) is 17.1 Å². The summed E-state index contributed by atoms with van der Waals surface area (Å²) in [5.41, 5.74) is 4.73. The molecule has 0 saturated carbocycles. The lowest BCUT2D eigenvalue weighted by Gasteiger charge is -2.04. The highest BCUT2D eigenvalue weighted by Gasteiger charge is 2.05. The van der Waals surface area contributed by atoms with Crippen molar-refractivity contribution in [1.82, 2.24) is 0 Å². The van der Waals surface area contributed by atoms with Gasteiger partial charge in [0.2, 0.25) is 0 Å². The first-order chi connectivity index (χ1) is 9.69. The summed E-state index contributed by atoms with van der Waals surface area (Å²) in [5, 5.41) is 0. The van der Waals surface area contributed by atoms with Crippen LogP contribution in [0.3, 0.4) is 0 Å². The first-order valence-corrected chi connectivity index (χ1v) is 7.36. The molecule has 0 atom stereocenters. The highest BCUT2D eigenvalue weighted by Crippen LogP contribution is 2.12. The molecule has 1 nitrogen and oxygen atoms in total. The zero-order chi connectivity index (χ0) is 14.4. The van der Waals surface area contributed by atoms with Gasteiger partial charge in [-0.3, -0.25) is 4.79 Å². The van der Waals surface area contributed by atoms with Gasteiger partial charge in [0.25, 0.3) is 0 Å². The van der Waals surface area contributed by atoms with Crippen molar-refractivity contribution in [1.29, 1.82) is 0 Å². The second-order valence-electron chi connectivity index (χ2n) is 5.32. The Balaban J connectivity index is 1.86. The first-order valence-electron chi connectivity index (χ1n) is 7.36. The molecule has 2 aromatic rings. The van der Waals surface area contributed by atoms with Crippen LogP contribution >= 0.6 is 0 Å². The second kappa shape index (κ2) is 7.04. The Morgan fingerprint density at radius 2 is 1.70 bits per heavy atom. The lowest BCUT2D eigenvalue weighted by atomic mass is 10.0. The molecule has 0 amide bonds. The zero-order valence-electron chi connectivity index (χ0n) is 12.4. The minimum atomic E-state index is 0.247. The highest BCUT2D eigenvalue weighted by molar-refractivity contribution is 5.96. The van der Waals surface area contributed by atoms with Gasteiger partial charge in [-0.25, -0.2) is 0 Å². The summed E-state index contributed by atoms with van der Waals surface area (Å²) in [7, 11) is 0. The average molecular weight is 266 g/mol. The van der Waals surface area contributed by atoms with Gasteiger partial charge < -0.3 is 0 Å². The zero-order valence-corrected chi connectivity index (χ0v) is 12.4. The molecule has 104 valence electrons. The van der Waals surface area contributed by atoms with Gasteiger partial charge >= 0.3 is 0 Å². The minimum absolute atomic E-state index is 0.247. The maximum absolute atomic E-state index is 12.1. The first kappa shape index (κ1) is 14.5. The van der Waals surface area contributed by atoms with Gasteiger partial charge in [0.05, 0.1) is 0 Å². The van der Waals surface area contributed by atoms with Crippen LogP contribution in [0.2, 0.25) is 0 Å². The molecule has 1 heteroatoms. The Kier molecular flexibility index (Phi) is 5.11. The van der Waals surface area contributed by atoms with Gasteiger partial charge in [-0.05, 0) is 37.3 Å². The third-order valence-corrected chi connectivity index (χ3v) is 3.64. The third-order valence-electron chi connectivity index (χ3n) is 3.64. The van der Waals surface area contributed by atoms with E-state index in [1.165, 1.54) is 16.7 Å². The summed E-state index contributed by atoms with van der Waals surface area (Å²) in [6, 6.07) is 16.5. The van der Waals surface area contributed by atoms with Crippen LogP contribution in [0, 0.1) is 6.92 Å². The normalized spacial score (nSPS) is 10.5. The highest BCUT2D eigenvalue weighted by atomic mass is 16.1. The maximum atomic E-state index is 12.1. The molecule has 2 aromatic carbocycles. The molecular weight excluding hydrogens is 244 g/mol. The molecule has 0 aliphatic carbocycles. The van der Waals surface area contributed by atoms with Crippen LogP contribution in [0.15, 0.2) is 48.5 Å². The number of benzene rings is 2. The van der Waals surface area contributed by atoms with E-state index in [9.17, 15) is 4.79 Å². The summed E-state index contributed by atoms with van der Waals surface area (Å²) < 4.78 is 0. The van der Waals surface area contributed by atoms with E-state index in [1.807, 2.05) is 31.2 Å². The quantitative estimate of drug-likeness (QED) is 0.689. The largest absolute Gasteiger partial charge is 0.294 e. The van der Waals surface area contributed by atoms with Gasteiger partial charge in [0.1, 0.15) is 0 Å². The molecule has 0 fully saturated rings. The molecule has 0 bridgehead atoms. The van der Waals surface area contributed by atoms with Gasteiger partial charge in [0, 0.05) is 12.0 Å². The SMILES string of the molecule is CCc1cccc(CCCC(=O)c2ccc(C)cc2)c1. The summed E-state index contributed by atoms with van der Waals surface area (Å²) in [6.45, 7) is 4.20. The van der Waals surface area contributed by atoms with E-state index in [2.05, 4.69) is 31.2 Å². The number of hydrogen-bond acceptors (Lipinski definition) is 1. The molecule has 20 heavy (non-hydrogen) atoms. The summed E-state index contributed by atoms with van der Waals surface area (Å²) in [6.07, 6.45) is 3.58. The minimum Gasteiger partial charge on any atom is -0.294 e. The third kappa shape index (κ3) is 4.06. The molecule has 2 rings (SSSR count). The number of aryl methyl sites for hydroxylation is 3. The number of carbonyl (C=O) groups is 1. The molecule has 0 saturated heterocycles. The van der Waals surface area contributed by atoms with Crippen LogP contribution in [-0.2, 0) is 12.8 Å². The van der Waals surface area contributed by atoms with Crippen molar-refractivity contribution in [3.8, 4) is 0 Å². The molecular formula is C19H22O. The Morgan fingerprint density at radius 1 is 1.00 bits per heavy atom. The van der Waals surface area contributed by atoms with Gasteiger partial charge in [-0.15, -0.1) is 0 Å². The van der Waals surface area contributed by atoms with Crippen LogP contribution < -0.4 is 0 Å². The Hall–Kier alpha value is -1.89. The summed E-state index contributed by atoms with van der Waals surface area (Å²) >= 11 is 0. The molecule has 0 heterocycles. The fourth-order valence-electron chi connectivity index (χ4n) is 2.34. The molecule has 0 N–H and O–H groups in total. The number of hydrogen-bond donors (Lipinski definition) is 0. The molecule has 0 aromatic heterocycles. The van der Waals surface area contributed by atoms with Gasteiger partial charge in [-0.2, -0.15) is 0 Å². The molecule has 0 radical (unpaired) electrons. The molecule has 0 aliphatic heterocycles. The number of ketones is 1. The van der Waals surface area contributed by atoms with Crippen molar-refractivity contribution < 1.29 is 4.79 Å². The van der Waals surface area contributed by atoms with E-state index < -0.39 is 0 Å². The van der Waals surface area contributed by atoms with E-state index in [0.717, 1.165) is 24.8 Å². The fraction of sp³-hybridized carbons (Fsp3) is 0.316. The average Bonchev–Trinajstić information content (AvgIpc) is 2.48. The Bertz CT molecular complexity index is 567. The van der Waals surface area contributed by atoms with Crippen molar-refractivity contribution in [2.75, 3.05) is 0 Å². The van der Waals surface area contributed by atoms with Crippen LogP contribution in [0.1, 0.15) is 46.8 Å². The molecule has 0 unspecified atom stereocenters. The van der Waals surface area contributed by atoms with Crippen molar-refractivity contribution in [3.63, 3.8) is 0 Å². The van der Waals surface area contributed by atoms with Crippen LogP contribution in [0.25, 0.3) is 0 Å². The van der Waals surface area contributed by atoms with Crippen LogP contribution in [0.5, 0.6) is 0 Å². The van der Waals surface area contributed by atoms with Crippen molar-refractivity contribution in [2.45, 2.75) is 39.5 Å². The molecule has 0 spiro atoms. The van der Waals surface area contributed by atoms with E-state index in [1.54, 1.807) is 0 Å². The Labute approximate surface area is 121 Å². The molecule has 0 aliphatic rings. The number of rotatable bonds is 6. The van der Waals surface area contributed by atoms with Crippen molar-refractivity contribution >= 4 is 5.78 Å². The lowest BCUT2D eigenvalue weighted by molar-refractivity contribution is 0.0980. The second-order valence-corrected chi connectivity index (χ2v) is 5.32. The van der Waals surface area contributed by atoms with Gasteiger partial charge in [0.15, 0.2) is 5.78 Å².